The molecule has 0 radical (unpaired) electrons. The Morgan fingerprint density at radius 2 is 1.42 bits per heavy atom. The van der Waals surface area contributed by atoms with Gasteiger partial charge in [-0.3, -0.25) is 14.4 Å². The zero-order valence-corrected chi connectivity index (χ0v) is 20.1. The molecule has 0 aliphatic carbocycles. The maximum absolute atomic E-state index is 13.0. The molecular formula is C24H38N4O5. The van der Waals surface area contributed by atoms with Gasteiger partial charge in [-0.05, 0) is 24.3 Å². The molecule has 1 aromatic rings. The van der Waals surface area contributed by atoms with Crippen molar-refractivity contribution in [1.82, 2.24) is 16.0 Å². The number of carbonyl (C=O) groups is 4. The summed E-state index contributed by atoms with van der Waals surface area (Å²) in [7, 11) is 0. The average Bonchev–Trinajstić information content (AvgIpc) is 2.80. The summed E-state index contributed by atoms with van der Waals surface area (Å²) in [5.41, 5.74) is 6.73. The van der Waals surface area contributed by atoms with Crippen LogP contribution < -0.4 is 21.7 Å². The highest BCUT2D eigenvalue weighted by Gasteiger charge is 2.31. The minimum absolute atomic E-state index is 0.0506. The fraction of sp³-hybridized carbons (Fsp3) is 0.583. The van der Waals surface area contributed by atoms with Crippen LogP contribution in [0.2, 0.25) is 0 Å². The largest absolute Gasteiger partial charge is 0.480 e. The second kappa shape index (κ2) is 13.6. The Balaban J connectivity index is 2.97. The monoisotopic (exact) mass is 462 g/mol. The molecule has 0 fully saturated rings. The Labute approximate surface area is 195 Å². The van der Waals surface area contributed by atoms with Crippen LogP contribution in [0.3, 0.4) is 0 Å². The summed E-state index contributed by atoms with van der Waals surface area (Å²) >= 11 is 0. The van der Waals surface area contributed by atoms with Crippen molar-refractivity contribution >= 4 is 23.7 Å². The Morgan fingerprint density at radius 1 is 0.848 bits per heavy atom. The van der Waals surface area contributed by atoms with Crippen molar-refractivity contribution in [3.05, 3.63) is 35.9 Å². The molecule has 0 aliphatic heterocycles. The van der Waals surface area contributed by atoms with Crippen LogP contribution in [-0.2, 0) is 25.6 Å². The van der Waals surface area contributed by atoms with E-state index in [1.807, 2.05) is 51.1 Å². The van der Waals surface area contributed by atoms with E-state index < -0.39 is 47.9 Å². The van der Waals surface area contributed by atoms with Crippen LogP contribution >= 0.6 is 0 Å². The average molecular weight is 463 g/mol. The van der Waals surface area contributed by atoms with E-state index in [1.54, 1.807) is 6.92 Å². The van der Waals surface area contributed by atoms with E-state index in [1.165, 1.54) is 6.92 Å². The van der Waals surface area contributed by atoms with E-state index in [4.69, 9.17) is 5.73 Å². The third-order valence-corrected chi connectivity index (χ3v) is 6.00. The van der Waals surface area contributed by atoms with Crippen LogP contribution in [0.25, 0.3) is 0 Å². The van der Waals surface area contributed by atoms with Gasteiger partial charge in [0.15, 0.2) is 0 Å². The van der Waals surface area contributed by atoms with E-state index in [9.17, 15) is 24.3 Å². The molecule has 33 heavy (non-hydrogen) atoms. The first-order valence-corrected chi connectivity index (χ1v) is 11.4. The molecule has 9 nitrogen and oxygen atoms in total. The molecule has 0 bridgehead atoms. The zero-order chi connectivity index (χ0) is 25.1. The lowest BCUT2D eigenvalue weighted by molar-refractivity contribution is -0.143. The maximum Gasteiger partial charge on any atom is 0.326 e. The lowest BCUT2D eigenvalue weighted by Gasteiger charge is -2.26. The van der Waals surface area contributed by atoms with E-state index >= 15 is 0 Å². The van der Waals surface area contributed by atoms with Gasteiger partial charge in [0.1, 0.15) is 18.1 Å². The first-order valence-electron chi connectivity index (χ1n) is 11.4. The van der Waals surface area contributed by atoms with Gasteiger partial charge in [0, 0.05) is 6.42 Å². The number of nitrogens with two attached hydrogens (primary N) is 1. The van der Waals surface area contributed by atoms with Crippen LogP contribution in [0.5, 0.6) is 0 Å². The molecule has 6 N–H and O–H groups in total. The number of rotatable bonds is 13. The topological polar surface area (TPSA) is 151 Å². The summed E-state index contributed by atoms with van der Waals surface area (Å²) < 4.78 is 0. The second-order valence-electron chi connectivity index (χ2n) is 8.60. The predicted octanol–water partition coefficient (Wildman–Crippen LogP) is 1.21. The number of aliphatic carboxylic acids is 1. The molecule has 184 valence electrons. The smallest absolute Gasteiger partial charge is 0.326 e. The van der Waals surface area contributed by atoms with E-state index in [0.717, 1.165) is 12.0 Å². The van der Waals surface area contributed by atoms with E-state index in [2.05, 4.69) is 16.0 Å². The summed E-state index contributed by atoms with van der Waals surface area (Å²) in [6.45, 7) is 8.86. The highest BCUT2D eigenvalue weighted by Crippen LogP contribution is 2.10. The van der Waals surface area contributed by atoms with Crippen molar-refractivity contribution in [1.29, 1.82) is 0 Å². The first kappa shape index (κ1) is 28.1. The summed E-state index contributed by atoms with van der Waals surface area (Å²) in [6.07, 6.45) is 1.44. The Bertz CT molecular complexity index is 801. The Morgan fingerprint density at radius 3 is 1.94 bits per heavy atom. The number of carboxylic acid groups (broad SMARTS) is 1. The fourth-order valence-electron chi connectivity index (χ4n) is 3.18. The van der Waals surface area contributed by atoms with Gasteiger partial charge in [0.25, 0.3) is 0 Å². The highest BCUT2D eigenvalue weighted by atomic mass is 16.4. The van der Waals surface area contributed by atoms with Crippen molar-refractivity contribution < 1.29 is 24.3 Å². The van der Waals surface area contributed by atoms with Gasteiger partial charge in [-0.1, -0.05) is 70.9 Å². The Kier molecular flexibility index (Phi) is 11.6. The summed E-state index contributed by atoms with van der Waals surface area (Å²) in [6, 6.07) is 5.30. The number of carbonyl (C=O) groups excluding carboxylic acids is 3. The van der Waals surface area contributed by atoms with E-state index in [-0.39, 0.29) is 18.3 Å². The van der Waals surface area contributed by atoms with Crippen molar-refractivity contribution in [3.63, 3.8) is 0 Å². The van der Waals surface area contributed by atoms with Gasteiger partial charge in [0.2, 0.25) is 17.7 Å². The third-order valence-electron chi connectivity index (χ3n) is 6.00. The quantitative estimate of drug-likeness (QED) is 0.297. The zero-order valence-electron chi connectivity index (χ0n) is 20.1. The number of benzene rings is 1. The number of nitrogens with one attached hydrogen (secondary N) is 3. The van der Waals surface area contributed by atoms with Crippen LogP contribution in [0.1, 0.15) is 53.0 Å². The molecule has 6 atom stereocenters. The molecule has 1 aromatic carbocycles. The van der Waals surface area contributed by atoms with Crippen molar-refractivity contribution in [2.75, 3.05) is 0 Å². The highest BCUT2D eigenvalue weighted by molar-refractivity contribution is 5.94. The van der Waals surface area contributed by atoms with Crippen LogP contribution in [0.15, 0.2) is 30.3 Å². The van der Waals surface area contributed by atoms with Gasteiger partial charge in [-0.15, -0.1) is 0 Å². The molecule has 9 heteroatoms. The Hall–Kier alpha value is -2.94. The van der Waals surface area contributed by atoms with Crippen molar-refractivity contribution in [2.45, 2.75) is 78.0 Å². The SMILES string of the molecule is CCC(C)C(N)C(=O)NC(C)C(=O)NC(Cc1ccccc1)C(=O)NC(C(=O)O)C(C)CC. The van der Waals surface area contributed by atoms with Gasteiger partial charge in [-0.25, -0.2) is 4.79 Å². The molecule has 0 saturated heterocycles. The molecule has 0 spiro atoms. The fourth-order valence-corrected chi connectivity index (χ4v) is 3.18. The van der Waals surface area contributed by atoms with Crippen LogP contribution in [-0.4, -0.2) is 53.0 Å². The lowest BCUT2D eigenvalue weighted by atomic mass is 9.98. The van der Waals surface area contributed by atoms with Gasteiger partial charge in [0.05, 0.1) is 6.04 Å². The van der Waals surface area contributed by atoms with Gasteiger partial charge in [-0.2, -0.15) is 0 Å². The molecule has 3 amide bonds. The third kappa shape index (κ3) is 8.84. The molecule has 6 unspecified atom stereocenters. The van der Waals surface area contributed by atoms with Crippen LogP contribution in [0, 0.1) is 11.8 Å². The van der Waals surface area contributed by atoms with Gasteiger partial charge >= 0.3 is 5.97 Å². The predicted molar refractivity (Wildman–Crippen MR) is 126 cm³/mol. The molecule has 0 aliphatic rings. The lowest BCUT2D eigenvalue weighted by Crippen LogP contribution is -2.58. The summed E-state index contributed by atoms with van der Waals surface area (Å²) in [4.78, 5) is 49.8. The molecule has 0 heterocycles. The van der Waals surface area contributed by atoms with Crippen molar-refractivity contribution in [2.24, 2.45) is 17.6 Å². The van der Waals surface area contributed by atoms with E-state index in [0.29, 0.717) is 6.42 Å². The maximum atomic E-state index is 13.0. The summed E-state index contributed by atoms with van der Waals surface area (Å²) in [5, 5.41) is 17.3. The molecule has 0 saturated carbocycles. The minimum atomic E-state index is -1.14. The van der Waals surface area contributed by atoms with Crippen LogP contribution in [0.4, 0.5) is 0 Å². The van der Waals surface area contributed by atoms with Crippen molar-refractivity contribution in [3.8, 4) is 0 Å². The number of hydrogen-bond acceptors (Lipinski definition) is 5. The number of carboxylic acids is 1. The number of amides is 3. The standard InChI is InChI=1S/C24H38N4O5/c1-6-14(3)19(25)23(31)26-16(5)21(29)27-18(13-17-11-9-8-10-12-17)22(30)28-20(24(32)33)15(4)7-2/h8-12,14-16,18-20H,6-7,13,25H2,1-5H3,(H,26,31)(H,27,29)(H,28,30)(H,32,33). The minimum Gasteiger partial charge on any atom is -0.480 e. The summed E-state index contributed by atoms with van der Waals surface area (Å²) in [5.74, 6) is -3.09. The van der Waals surface area contributed by atoms with Gasteiger partial charge < -0.3 is 26.8 Å². The first-order chi connectivity index (χ1) is 15.5. The molecule has 1 rings (SSSR count). The molecular weight excluding hydrogens is 424 g/mol. The normalized spacial score (nSPS) is 16.4. The second-order valence-corrected chi connectivity index (χ2v) is 8.60. The number of hydrogen-bond donors (Lipinski definition) is 5. The molecule has 0 aromatic heterocycles.